The second-order valence-electron chi connectivity index (χ2n) is 9.69. The van der Waals surface area contributed by atoms with E-state index in [9.17, 15) is 0 Å². The summed E-state index contributed by atoms with van der Waals surface area (Å²) < 4.78 is 9.58. The molecule has 2 aliphatic heterocycles. The summed E-state index contributed by atoms with van der Waals surface area (Å²) in [6.07, 6.45) is 5.36. The summed E-state index contributed by atoms with van der Waals surface area (Å²) in [5.74, 6) is 0. The topological polar surface area (TPSA) is 6.48 Å². The quantitative estimate of drug-likeness (QED) is 0.403. The smallest absolute Gasteiger partial charge is 1.00 e. The summed E-state index contributed by atoms with van der Waals surface area (Å²) in [6.45, 7) is 29.2. The van der Waals surface area contributed by atoms with E-state index in [0.717, 1.165) is 13.7 Å². The van der Waals surface area contributed by atoms with E-state index in [0.29, 0.717) is 0 Å². The first-order valence-electron chi connectivity index (χ1n) is 9.47. The van der Waals surface area contributed by atoms with Gasteiger partial charge in [0.25, 0.3) is 0 Å². The predicted molar refractivity (Wildman–Crippen MR) is 117 cm³/mol. The van der Waals surface area contributed by atoms with Crippen LogP contribution in [0, 0.1) is 0 Å². The fourth-order valence-electron chi connectivity index (χ4n) is 4.46. The van der Waals surface area contributed by atoms with E-state index in [-0.39, 0.29) is 30.2 Å². The predicted octanol–water partition coefficient (Wildman–Crippen LogP) is -1.75. The molecule has 2 aliphatic rings. The molecule has 0 saturated heterocycles. The van der Waals surface area contributed by atoms with Crippen molar-refractivity contribution in [2.24, 2.45) is 0 Å². The van der Waals surface area contributed by atoms with Crippen molar-refractivity contribution in [2.75, 3.05) is 13.1 Å². The molecular weight excluding hydrogens is 488 g/mol. The number of hydrogen-bond donors (Lipinski definition) is 0. The van der Waals surface area contributed by atoms with Gasteiger partial charge in [-0.1, -0.05) is 0 Å². The van der Waals surface area contributed by atoms with Crippen LogP contribution in [0.15, 0.2) is 18.5 Å². The second-order valence-corrected chi connectivity index (χ2v) is 36.5. The molecule has 0 spiro atoms. The molecule has 0 aromatic rings. The van der Waals surface area contributed by atoms with Crippen LogP contribution in [0.2, 0.25) is 66.0 Å². The summed E-state index contributed by atoms with van der Waals surface area (Å²) in [5.41, 5.74) is -0.203. The fourth-order valence-corrected chi connectivity index (χ4v) is 27.4. The molecule has 0 aromatic heterocycles. The molecule has 0 fully saturated rings. The van der Waals surface area contributed by atoms with Gasteiger partial charge in [-0.2, -0.15) is 0 Å². The van der Waals surface area contributed by atoms with Gasteiger partial charge in [0.05, 0.1) is 0 Å². The summed E-state index contributed by atoms with van der Waals surface area (Å²) >= 11 is -1.67. The molecule has 0 atom stereocenters. The average molecular weight is 524 g/mol. The largest absolute Gasteiger partial charge is 1.00 e. The van der Waals surface area contributed by atoms with Crippen LogP contribution in [0.4, 0.5) is 0 Å². The Bertz CT molecular complexity index is 566. The van der Waals surface area contributed by atoms with Crippen molar-refractivity contribution in [3.05, 3.63) is 18.5 Å². The van der Waals surface area contributed by atoms with Crippen LogP contribution in [-0.2, 0) is 20.4 Å². The summed E-state index contributed by atoms with van der Waals surface area (Å²) in [4.78, 5) is 0. The van der Waals surface area contributed by atoms with Gasteiger partial charge in [-0.15, -0.1) is 0 Å². The SMILES string of the molecule is CB1[C]([Zr+2]([C]2=CCN([Si](C)(C)C)B2C)=[Si](C)C)=CCN1[Si](C)(C)C.[Cl-].[Cl-]. The van der Waals surface area contributed by atoms with Gasteiger partial charge in [-0.25, -0.2) is 0 Å². The van der Waals surface area contributed by atoms with Crippen molar-refractivity contribution in [1.82, 2.24) is 8.95 Å². The van der Waals surface area contributed by atoms with Gasteiger partial charge < -0.3 is 24.8 Å². The molecule has 26 heavy (non-hydrogen) atoms. The minimum Gasteiger partial charge on any atom is -1.00 e. The van der Waals surface area contributed by atoms with Crippen LogP contribution in [0.5, 0.6) is 0 Å². The molecule has 0 radical (unpaired) electrons. The molecule has 0 aromatic carbocycles. The molecule has 10 heteroatoms. The van der Waals surface area contributed by atoms with Crippen molar-refractivity contribution < 1.29 is 45.2 Å². The monoisotopic (exact) mass is 522 g/mol. The molecule has 146 valence electrons. The number of nitrogens with zero attached hydrogens (tertiary/aromatic N) is 2. The first kappa shape index (κ1) is 27.6. The minimum absolute atomic E-state index is 0. The van der Waals surface area contributed by atoms with E-state index in [1.807, 2.05) is 6.36 Å². The van der Waals surface area contributed by atoms with E-state index in [1.54, 1.807) is 0 Å². The Hall–Kier alpha value is 1.64. The summed E-state index contributed by atoms with van der Waals surface area (Å²) in [6, 6.07) is 0. The normalized spacial score (nSPS) is 18.7. The van der Waals surface area contributed by atoms with E-state index in [2.05, 4.69) is 87.1 Å². The van der Waals surface area contributed by atoms with E-state index in [4.69, 9.17) is 0 Å². The van der Waals surface area contributed by atoms with Crippen molar-refractivity contribution in [1.29, 1.82) is 0 Å². The van der Waals surface area contributed by atoms with Crippen molar-refractivity contribution in [3.8, 4) is 0 Å². The van der Waals surface area contributed by atoms with Crippen LogP contribution in [0.25, 0.3) is 0 Å². The number of halogens is 2. The molecule has 2 heterocycles. The number of rotatable bonds is 4. The second kappa shape index (κ2) is 10.1. The maximum absolute atomic E-state index is 2.85. The molecule has 0 saturated carbocycles. The Morgan fingerprint density at radius 2 is 1.12 bits per heavy atom. The molecule has 0 aliphatic carbocycles. The Labute approximate surface area is 186 Å². The van der Waals surface area contributed by atoms with Gasteiger partial charge in [-0.05, 0) is 0 Å². The van der Waals surface area contributed by atoms with Crippen molar-refractivity contribution >= 4 is 35.6 Å². The number of hydrogen-bond acceptors (Lipinski definition) is 2. The zero-order chi connectivity index (χ0) is 18.4. The van der Waals surface area contributed by atoms with Crippen LogP contribution >= 0.6 is 0 Å². The van der Waals surface area contributed by atoms with E-state index >= 15 is 0 Å². The maximum Gasteiger partial charge on any atom is -1.00 e. The summed E-state index contributed by atoms with van der Waals surface area (Å²) in [7, 11) is -2.42. The van der Waals surface area contributed by atoms with Gasteiger partial charge in [0.2, 0.25) is 0 Å². The van der Waals surface area contributed by atoms with E-state index < -0.39 is 36.8 Å². The van der Waals surface area contributed by atoms with Gasteiger partial charge >= 0.3 is 163 Å². The maximum atomic E-state index is 2.85. The van der Waals surface area contributed by atoms with Gasteiger partial charge in [0.1, 0.15) is 0 Å². The van der Waals surface area contributed by atoms with Gasteiger partial charge in [0, 0.05) is 0 Å². The molecule has 2 nitrogen and oxygen atoms in total. The third-order valence-corrected chi connectivity index (χ3v) is 27.9. The van der Waals surface area contributed by atoms with Gasteiger partial charge in [0.15, 0.2) is 0 Å². The summed E-state index contributed by atoms with van der Waals surface area (Å²) in [5, 5.41) is 0. The molecule has 2 rings (SSSR count). The first-order chi connectivity index (χ1) is 10.9. The molecule has 0 bridgehead atoms. The van der Waals surface area contributed by atoms with Crippen LogP contribution in [0.3, 0.4) is 0 Å². The molecule has 0 N–H and O–H groups in total. The Morgan fingerprint density at radius 3 is 1.31 bits per heavy atom. The van der Waals surface area contributed by atoms with Gasteiger partial charge in [-0.3, -0.25) is 0 Å². The Kier molecular flexibility index (Phi) is 10.7. The standard InChI is InChI=1S/2C7H15BNSi.C2H6Si.2ClH.Zr/c2*1-8-6-5-7-9(8)10(2,3)4;1-3-2;;;/h2*5H,7H2,1-4H3;1-2H3;2*1H;/q;;;;;+2/p-2. The average Bonchev–Trinajstić information content (AvgIpc) is 2.94. The molecule has 0 unspecified atom stereocenters. The molecular formula is C16H36B2Cl2N2Si3Zr. The minimum atomic E-state index is -1.67. The zero-order valence-corrected chi connectivity index (χ0v) is 25.3. The fraction of sp³-hybridized carbons (Fsp3) is 0.750. The first-order valence-corrected chi connectivity index (χ1v) is 25.0. The molecule has 0 amide bonds. The van der Waals surface area contributed by atoms with Crippen LogP contribution in [-0.4, -0.2) is 57.6 Å². The third kappa shape index (κ3) is 5.84. The van der Waals surface area contributed by atoms with Crippen molar-refractivity contribution in [3.63, 3.8) is 0 Å². The van der Waals surface area contributed by atoms with Crippen LogP contribution in [0.1, 0.15) is 0 Å². The zero-order valence-electron chi connectivity index (χ0n) is 18.4. The Morgan fingerprint density at radius 1 is 0.808 bits per heavy atom. The van der Waals surface area contributed by atoms with E-state index in [1.165, 1.54) is 13.1 Å². The van der Waals surface area contributed by atoms with Crippen LogP contribution < -0.4 is 24.8 Å². The third-order valence-electron chi connectivity index (χ3n) is 5.65. The van der Waals surface area contributed by atoms with Crippen molar-refractivity contribution in [2.45, 2.75) is 66.0 Å². The Balaban J connectivity index is 0.00000312.